The van der Waals surface area contributed by atoms with Crippen molar-refractivity contribution in [2.75, 3.05) is 13.2 Å². The molecule has 0 N–H and O–H groups in total. The van der Waals surface area contributed by atoms with Crippen LogP contribution in [0.1, 0.15) is 290 Å². The summed E-state index contributed by atoms with van der Waals surface area (Å²) in [6.07, 6.45) is 97.1. The Morgan fingerprint density at radius 2 is 0.481 bits per heavy atom. The second-order valence-corrected chi connectivity index (χ2v) is 21.6. The first-order chi connectivity index (χ1) is 40.0. The summed E-state index contributed by atoms with van der Waals surface area (Å²) in [6, 6.07) is 0. The van der Waals surface area contributed by atoms with Gasteiger partial charge in [-0.05, 0) is 141 Å². The predicted octanol–water partition coefficient (Wildman–Crippen LogP) is 23.1. The summed E-state index contributed by atoms with van der Waals surface area (Å²) in [5.41, 5.74) is 0. The quantitative estimate of drug-likeness (QED) is 0.0261. The third kappa shape index (κ3) is 66.0. The van der Waals surface area contributed by atoms with Crippen LogP contribution in [0.3, 0.4) is 0 Å². The number of esters is 3. The molecule has 0 amide bonds. The minimum Gasteiger partial charge on any atom is -0.462 e. The molecule has 0 spiro atoms. The average molecular weight is 1120 g/mol. The maximum atomic E-state index is 12.9. The number of allylic oxidation sites excluding steroid dienone is 24. The molecule has 0 saturated heterocycles. The van der Waals surface area contributed by atoms with E-state index >= 15 is 0 Å². The molecule has 0 saturated carbocycles. The highest BCUT2D eigenvalue weighted by Crippen LogP contribution is 2.15. The van der Waals surface area contributed by atoms with Gasteiger partial charge in [-0.1, -0.05) is 276 Å². The van der Waals surface area contributed by atoms with Crippen molar-refractivity contribution in [1.29, 1.82) is 0 Å². The molecule has 0 heterocycles. The Morgan fingerprint density at radius 3 is 0.778 bits per heavy atom. The van der Waals surface area contributed by atoms with E-state index in [1.165, 1.54) is 109 Å². The fraction of sp³-hybridized carbons (Fsp3) is 0.640. The minimum absolute atomic E-state index is 0.103. The lowest BCUT2D eigenvalue weighted by molar-refractivity contribution is -0.167. The zero-order valence-electron chi connectivity index (χ0n) is 52.5. The van der Waals surface area contributed by atoms with E-state index in [1.54, 1.807) is 0 Å². The molecule has 6 nitrogen and oxygen atoms in total. The maximum absolute atomic E-state index is 12.9. The summed E-state index contributed by atoms with van der Waals surface area (Å²) in [5.74, 6) is -0.959. The Balaban J connectivity index is 4.43. The molecule has 0 bridgehead atoms. The fourth-order valence-electron chi connectivity index (χ4n) is 8.88. The first-order valence-corrected chi connectivity index (χ1v) is 33.3. The third-order valence-electron chi connectivity index (χ3n) is 13.8. The molecule has 81 heavy (non-hydrogen) atoms. The Hall–Kier alpha value is -4.71. The predicted molar refractivity (Wildman–Crippen MR) is 352 cm³/mol. The van der Waals surface area contributed by atoms with E-state index in [4.69, 9.17) is 14.2 Å². The molecule has 0 aromatic rings. The van der Waals surface area contributed by atoms with Gasteiger partial charge in [-0.25, -0.2) is 0 Å². The Labute approximate surface area is 499 Å². The van der Waals surface area contributed by atoms with Crippen LogP contribution in [-0.2, 0) is 28.6 Å². The van der Waals surface area contributed by atoms with Crippen LogP contribution in [0.15, 0.2) is 146 Å². The molecule has 0 fully saturated rings. The first kappa shape index (κ1) is 76.3. The van der Waals surface area contributed by atoms with Gasteiger partial charge in [-0.3, -0.25) is 14.4 Å². The average Bonchev–Trinajstić information content (AvgIpc) is 3.47. The highest BCUT2D eigenvalue weighted by atomic mass is 16.6. The number of hydrogen-bond donors (Lipinski definition) is 0. The highest BCUT2D eigenvalue weighted by molar-refractivity contribution is 5.71. The van der Waals surface area contributed by atoms with Crippen molar-refractivity contribution in [3.63, 3.8) is 0 Å². The largest absolute Gasteiger partial charge is 0.462 e. The molecular formula is C75H122O6. The van der Waals surface area contributed by atoms with Gasteiger partial charge >= 0.3 is 17.9 Å². The van der Waals surface area contributed by atoms with Gasteiger partial charge in [-0.15, -0.1) is 0 Å². The normalized spacial score (nSPS) is 13.1. The number of carbonyl (C=O) groups excluding carboxylic acids is 3. The van der Waals surface area contributed by atoms with E-state index in [-0.39, 0.29) is 31.1 Å². The van der Waals surface area contributed by atoms with Gasteiger partial charge in [-0.2, -0.15) is 0 Å². The van der Waals surface area contributed by atoms with E-state index < -0.39 is 6.10 Å². The number of rotatable bonds is 59. The van der Waals surface area contributed by atoms with Gasteiger partial charge in [0.2, 0.25) is 0 Å². The van der Waals surface area contributed by atoms with Crippen molar-refractivity contribution < 1.29 is 28.6 Å². The Morgan fingerprint density at radius 1 is 0.259 bits per heavy atom. The Bertz CT molecular complexity index is 1760. The zero-order valence-corrected chi connectivity index (χ0v) is 52.5. The summed E-state index contributed by atoms with van der Waals surface area (Å²) in [7, 11) is 0. The summed E-state index contributed by atoms with van der Waals surface area (Å²) in [6.45, 7) is 6.36. The molecule has 0 aliphatic carbocycles. The third-order valence-corrected chi connectivity index (χ3v) is 13.8. The highest BCUT2D eigenvalue weighted by Gasteiger charge is 2.19. The number of hydrogen-bond acceptors (Lipinski definition) is 6. The van der Waals surface area contributed by atoms with Crippen LogP contribution in [0.2, 0.25) is 0 Å². The van der Waals surface area contributed by atoms with Crippen LogP contribution in [-0.4, -0.2) is 37.2 Å². The van der Waals surface area contributed by atoms with Crippen molar-refractivity contribution in [3.05, 3.63) is 146 Å². The van der Waals surface area contributed by atoms with Crippen molar-refractivity contribution in [1.82, 2.24) is 0 Å². The smallest absolute Gasteiger partial charge is 0.306 e. The van der Waals surface area contributed by atoms with E-state index in [9.17, 15) is 14.4 Å². The molecule has 0 aliphatic rings. The maximum Gasteiger partial charge on any atom is 0.306 e. The van der Waals surface area contributed by atoms with Crippen molar-refractivity contribution in [2.45, 2.75) is 297 Å². The first-order valence-electron chi connectivity index (χ1n) is 33.3. The van der Waals surface area contributed by atoms with Gasteiger partial charge in [0.25, 0.3) is 0 Å². The number of unbranched alkanes of at least 4 members (excludes halogenated alkanes) is 24. The molecular weight excluding hydrogens is 997 g/mol. The number of carbonyl (C=O) groups is 3. The lowest BCUT2D eigenvalue weighted by Gasteiger charge is -2.18. The molecule has 6 heteroatoms. The molecule has 0 aromatic carbocycles. The molecule has 1 atom stereocenters. The Kier molecular flexibility index (Phi) is 63.9. The molecule has 458 valence electrons. The van der Waals surface area contributed by atoms with Gasteiger partial charge in [0.15, 0.2) is 6.10 Å². The van der Waals surface area contributed by atoms with Crippen molar-refractivity contribution >= 4 is 17.9 Å². The van der Waals surface area contributed by atoms with Gasteiger partial charge < -0.3 is 14.2 Å². The molecule has 0 radical (unpaired) electrons. The van der Waals surface area contributed by atoms with Crippen LogP contribution in [0.4, 0.5) is 0 Å². The van der Waals surface area contributed by atoms with Crippen molar-refractivity contribution in [2.24, 2.45) is 0 Å². The number of ether oxygens (including phenoxy) is 3. The van der Waals surface area contributed by atoms with Crippen LogP contribution >= 0.6 is 0 Å². The van der Waals surface area contributed by atoms with Gasteiger partial charge in [0, 0.05) is 19.3 Å². The van der Waals surface area contributed by atoms with E-state index in [1.807, 2.05) is 0 Å². The van der Waals surface area contributed by atoms with Crippen LogP contribution in [0, 0.1) is 0 Å². The monoisotopic (exact) mass is 1120 g/mol. The van der Waals surface area contributed by atoms with Crippen LogP contribution < -0.4 is 0 Å². The zero-order chi connectivity index (χ0) is 58.5. The molecule has 0 aliphatic heterocycles. The van der Waals surface area contributed by atoms with E-state index in [2.05, 4.69) is 167 Å². The topological polar surface area (TPSA) is 78.9 Å². The van der Waals surface area contributed by atoms with Crippen molar-refractivity contribution in [3.8, 4) is 0 Å². The van der Waals surface area contributed by atoms with E-state index in [0.717, 1.165) is 141 Å². The molecule has 1 unspecified atom stereocenters. The summed E-state index contributed by atoms with van der Waals surface area (Å²) in [5, 5.41) is 0. The SMILES string of the molecule is CC/C=C\C/C=C\C/C=C\C/C=C\C/C=C\CCCCCCCCCC(=O)OC(COC(=O)CCCC/C=C\C/C=C\C/C=C\C/C=C\CC)COC(=O)CCCCCCCCCCCC/C=C\C/C=C\C/C=C\CCCCCCC. The molecule has 0 aromatic heterocycles. The summed E-state index contributed by atoms with van der Waals surface area (Å²) >= 11 is 0. The second-order valence-electron chi connectivity index (χ2n) is 21.6. The summed E-state index contributed by atoms with van der Waals surface area (Å²) < 4.78 is 16.9. The minimum atomic E-state index is -0.811. The van der Waals surface area contributed by atoms with Crippen LogP contribution in [0.5, 0.6) is 0 Å². The molecule has 0 rings (SSSR count). The van der Waals surface area contributed by atoms with Gasteiger partial charge in [0.05, 0.1) is 0 Å². The fourth-order valence-corrected chi connectivity index (χ4v) is 8.88. The second kappa shape index (κ2) is 67.8. The van der Waals surface area contributed by atoms with Crippen LogP contribution in [0.25, 0.3) is 0 Å². The summed E-state index contributed by atoms with van der Waals surface area (Å²) in [4.78, 5) is 38.4. The standard InChI is InChI=1S/C75H122O6/c1-4-7-10-13-16-19-22-25-28-30-32-34-36-37-39-40-42-44-47-50-53-56-59-62-65-68-74(77)80-71-72(70-79-73(76)67-64-61-58-55-52-49-46-27-24-21-18-15-12-9-6-3)81-75(78)69-66-63-60-57-54-51-48-45-43-41-38-35-33-31-29-26-23-20-17-14-11-8-5-2/h8-9,11-12,17-18,20-22,25-27,29-30,32-33,35-37,41,43,46,52,55,72H,4-7,10,13-16,19,23-24,28,31,34,38-40,42,44-45,47-51,53-54,56-71H2,1-3H3/b11-8-,12-9-,20-17-,21-18-,25-22-,29-26-,32-30-,35-33-,37-36-,43-41-,46-27-,55-52-. The van der Waals surface area contributed by atoms with E-state index in [0.29, 0.717) is 19.3 Å². The van der Waals surface area contributed by atoms with Gasteiger partial charge in [0.1, 0.15) is 13.2 Å². The lowest BCUT2D eigenvalue weighted by Crippen LogP contribution is -2.30. The lowest BCUT2D eigenvalue weighted by atomic mass is 10.1.